The van der Waals surface area contributed by atoms with Gasteiger partial charge in [0.15, 0.2) is 0 Å². The van der Waals surface area contributed by atoms with Gasteiger partial charge in [-0.1, -0.05) is 106 Å². The quantitative estimate of drug-likeness (QED) is 0.325. The summed E-state index contributed by atoms with van der Waals surface area (Å²) in [5.41, 5.74) is 0. The summed E-state index contributed by atoms with van der Waals surface area (Å²) in [5, 5.41) is 0. The van der Waals surface area contributed by atoms with Crippen molar-refractivity contribution in [3.63, 3.8) is 0 Å². The van der Waals surface area contributed by atoms with Gasteiger partial charge in [-0.05, 0) is 12.3 Å². The lowest BCUT2D eigenvalue weighted by atomic mass is 10.0. The number of hydrogen-bond donors (Lipinski definition) is 0. The average Bonchev–Trinajstić information content (AvgIpc) is 2.49. The second-order valence-electron chi connectivity index (χ2n) is 4.71. The Kier molecular flexibility index (Phi) is 51.5. The molecule has 0 saturated heterocycles. The Labute approximate surface area is 126 Å². The van der Waals surface area contributed by atoms with Crippen LogP contribution in [-0.4, -0.2) is 0 Å². The number of rotatable bonds is 7. The van der Waals surface area contributed by atoms with Crippen LogP contribution in [0.4, 0.5) is 0 Å². The maximum absolute atomic E-state index is 3.48. The molecule has 0 nitrogen and oxygen atoms in total. The molecule has 0 N–H and O–H groups in total. The van der Waals surface area contributed by atoms with E-state index < -0.39 is 0 Å². The van der Waals surface area contributed by atoms with Crippen molar-refractivity contribution in [2.24, 2.45) is 5.92 Å². The summed E-state index contributed by atoms with van der Waals surface area (Å²) in [6, 6.07) is 0. The zero-order chi connectivity index (χ0) is 15.9. The monoisotopic (exact) mass is 272 g/mol. The van der Waals surface area contributed by atoms with Gasteiger partial charge in [0.05, 0.1) is 0 Å². The largest absolute Gasteiger partial charge is 0.103 e. The molecular weight excluding hydrogens is 228 g/mol. The van der Waals surface area contributed by atoms with Crippen molar-refractivity contribution in [2.45, 2.75) is 107 Å². The number of unbranched alkanes of at least 4 members (excludes halogenated alkanes) is 3. The molecule has 0 aliphatic rings. The highest BCUT2D eigenvalue weighted by molar-refractivity contribution is 4.60. The highest BCUT2D eigenvalue weighted by atomic mass is 14.0. The first kappa shape index (κ1) is 27.1. The number of hydrogen-bond acceptors (Lipinski definition) is 0. The summed E-state index contributed by atoms with van der Waals surface area (Å²) < 4.78 is 0. The van der Waals surface area contributed by atoms with E-state index in [1.165, 1.54) is 44.9 Å². The molecule has 1 unspecified atom stereocenters. The molecule has 0 spiro atoms. The Balaban J connectivity index is -0.0000000944. The van der Waals surface area contributed by atoms with Crippen LogP contribution < -0.4 is 0 Å². The third-order valence-electron chi connectivity index (χ3n) is 2.79. The van der Waals surface area contributed by atoms with Gasteiger partial charge < -0.3 is 0 Å². The predicted molar refractivity (Wildman–Crippen MR) is 96.0 cm³/mol. The van der Waals surface area contributed by atoms with Crippen molar-refractivity contribution in [1.29, 1.82) is 0 Å². The summed E-state index contributed by atoms with van der Waals surface area (Å²) in [4.78, 5) is 0. The smallest absolute Gasteiger partial charge is 0.0382 e. The van der Waals surface area contributed by atoms with Crippen LogP contribution in [0.5, 0.6) is 0 Å². The molecule has 0 fully saturated rings. The molecule has 0 aliphatic carbocycles. The van der Waals surface area contributed by atoms with Crippen molar-refractivity contribution in [3.05, 3.63) is 12.7 Å². The molecule has 0 amide bonds. The summed E-state index contributed by atoms with van der Waals surface area (Å²) in [5.74, 6) is 0.955. The lowest BCUT2D eigenvalue weighted by Crippen LogP contribution is -1.90. The fraction of sp³-hybridized carbons (Fsp3) is 0.895. The lowest BCUT2D eigenvalue weighted by molar-refractivity contribution is 0.482. The third-order valence-corrected chi connectivity index (χ3v) is 2.79. The third kappa shape index (κ3) is 57.5. The Hall–Kier alpha value is -0.260. The van der Waals surface area contributed by atoms with Crippen LogP contribution in [0.15, 0.2) is 12.7 Å². The summed E-state index contributed by atoms with van der Waals surface area (Å²) in [6.45, 7) is 20.8. The van der Waals surface area contributed by atoms with Gasteiger partial charge in [0.2, 0.25) is 0 Å². The zero-order valence-corrected chi connectivity index (χ0v) is 15.5. The van der Waals surface area contributed by atoms with Crippen molar-refractivity contribution in [2.75, 3.05) is 0 Å². The van der Waals surface area contributed by atoms with Crippen LogP contribution >= 0.6 is 0 Å². The molecule has 0 aromatic rings. The molecular formula is C19H44. The van der Waals surface area contributed by atoms with E-state index in [9.17, 15) is 0 Å². The fourth-order valence-electron chi connectivity index (χ4n) is 0.947. The minimum absolute atomic E-state index is 0.955. The average molecular weight is 273 g/mol. The van der Waals surface area contributed by atoms with E-state index in [0.29, 0.717) is 0 Å². The molecule has 120 valence electrons. The van der Waals surface area contributed by atoms with E-state index in [-0.39, 0.29) is 0 Å². The lowest BCUT2D eigenvalue weighted by Gasteiger charge is -2.05. The van der Waals surface area contributed by atoms with E-state index in [0.717, 1.165) is 12.3 Å². The molecule has 0 rings (SSSR count). The second kappa shape index (κ2) is 36.1. The van der Waals surface area contributed by atoms with E-state index >= 15 is 0 Å². The van der Waals surface area contributed by atoms with E-state index in [2.05, 4.69) is 48.1 Å². The zero-order valence-electron chi connectivity index (χ0n) is 15.5. The highest BCUT2D eigenvalue weighted by Crippen LogP contribution is 2.11. The fourth-order valence-corrected chi connectivity index (χ4v) is 0.947. The molecule has 0 aliphatic heterocycles. The molecule has 0 radical (unpaired) electrons. The minimum atomic E-state index is 0.955. The first-order valence-electron chi connectivity index (χ1n) is 8.75. The molecule has 0 aromatic carbocycles. The number of allylic oxidation sites excluding steroid dienone is 1. The van der Waals surface area contributed by atoms with Crippen LogP contribution in [0.25, 0.3) is 0 Å². The van der Waals surface area contributed by atoms with Gasteiger partial charge in [0.1, 0.15) is 0 Å². The first-order chi connectivity index (χ1) is 9.14. The van der Waals surface area contributed by atoms with Gasteiger partial charge in [-0.3, -0.25) is 0 Å². The summed E-state index contributed by atoms with van der Waals surface area (Å²) in [7, 11) is 0. The van der Waals surface area contributed by atoms with Gasteiger partial charge in [-0.2, -0.15) is 0 Å². The molecule has 0 bridgehead atoms. The Morgan fingerprint density at radius 1 is 0.842 bits per heavy atom. The Morgan fingerprint density at radius 3 is 1.47 bits per heavy atom. The molecule has 0 heterocycles. The van der Waals surface area contributed by atoms with Crippen LogP contribution in [0, 0.1) is 5.92 Å². The second-order valence-corrected chi connectivity index (χ2v) is 4.71. The van der Waals surface area contributed by atoms with Crippen molar-refractivity contribution in [1.82, 2.24) is 0 Å². The molecule has 19 heavy (non-hydrogen) atoms. The Bertz CT molecular complexity index is 103. The normalized spacial score (nSPS) is 9.68. The van der Waals surface area contributed by atoms with Crippen molar-refractivity contribution in [3.8, 4) is 0 Å². The SMILES string of the molecule is C=CCC.CC.CCCC.CCCCCC(C)CC. The molecule has 0 heteroatoms. The van der Waals surface area contributed by atoms with E-state index in [4.69, 9.17) is 0 Å². The van der Waals surface area contributed by atoms with Gasteiger partial charge in [-0.25, -0.2) is 0 Å². The highest BCUT2D eigenvalue weighted by Gasteiger charge is 1.95. The van der Waals surface area contributed by atoms with Crippen LogP contribution in [0.1, 0.15) is 107 Å². The van der Waals surface area contributed by atoms with Crippen molar-refractivity contribution >= 4 is 0 Å². The standard InChI is InChI=1S/C9H20.C4H10.C4H8.C2H6/c1-4-6-7-8-9(3)5-2;2*1-3-4-2;1-2/h9H,4-8H2,1-3H3;3-4H2,1-2H3;3H,1,4H2,2H3;1-2H3. The maximum atomic E-state index is 3.48. The molecule has 0 saturated carbocycles. The minimum Gasteiger partial charge on any atom is -0.103 e. The van der Waals surface area contributed by atoms with E-state index in [1.54, 1.807) is 0 Å². The van der Waals surface area contributed by atoms with Gasteiger partial charge in [0.25, 0.3) is 0 Å². The Morgan fingerprint density at radius 2 is 1.26 bits per heavy atom. The van der Waals surface area contributed by atoms with Gasteiger partial charge in [-0.15, -0.1) is 6.58 Å². The maximum Gasteiger partial charge on any atom is -0.0382 e. The summed E-state index contributed by atoms with van der Waals surface area (Å²) >= 11 is 0. The van der Waals surface area contributed by atoms with Gasteiger partial charge >= 0.3 is 0 Å². The summed E-state index contributed by atoms with van der Waals surface area (Å²) in [6.07, 6.45) is 12.6. The van der Waals surface area contributed by atoms with Crippen LogP contribution in [0.2, 0.25) is 0 Å². The van der Waals surface area contributed by atoms with Crippen LogP contribution in [0.3, 0.4) is 0 Å². The first-order valence-corrected chi connectivity index (χ1v) is 8.75. The van der Waals surface area contributed by atoms with Crippen molar-refractivity contribution < 1.29 is 0 Å². The van der Waals surface area contributed by atoms with Crippen LogP contribution in [-0.2, 0) is 0 Å². The van der Waals surface area contributed by atoms with E-state index in [1.807, 2.05) is 19.9 Å². The topological polar surface area (TPSA) is 0 Å². The molecule has 0 aromatic heterocycles. The van der Waals surface area contributed by atoms with Gasteiger partial charge in [0, 0.05) is 0 Å². The molecule has 1 atom stereocenters. The predicted octanol–water partition coefficient (Wildman–Crippen LogP) is 8.03.